The Morgan fingerprint density at radius 1 is 1.60 bits per heavy atom. The Morgan fingerprint density at radius 2 is 2.10 bits per heavy atom. The summed E-state index contributed by atoms with van der Waals surface area (Å²) in [5.74, 6) is -1.10. The Hall–Kier alpha value is -0.710. The molecule has 0 rings (SSSR count). The topological polar surface area (TPSA) is 63.3 Å². The number of hydrogen-bond acceptors (Lipinski definition) is 2. The van der Waals surface area contributed by atoms with E-state index in [2.05, 4.69) is 0 Å². The third-order valence-corrected chi connectivity index (χ3v) is 1.02. The van der Waals surface area contributed by atoms with Crippen LogP contribution in [0.1, 0.15) is 12.8 Å². The van der Waals surface area contributed by atoms with E-state index < -0.39 is 18.4 Å². The van der Waals surface area contributed by atoms with Crippen LogP contribution in [0.25, 0.3) is 0 Å². The first kappa shape index (κ1) is 9.29. The summed E-state index contributed by atoms with van der Waals surface area (Å²) in [4.78, 5) is 9.83. The molecular weight excluding hydrogens is 144 g/mol. The second-order valence-electron chi connectivity index (χ2n) is 1.93. The van der Waals surface area contributed by atoms with Crippen molar-refractivity contribution in [3.8, 4) is 0 Å². The molecule has 5 heteroatoms. The molecule has 0 aliphatic carbocycles. The van der Waals surface area contributed by atoms with Crippen LogP contribution in [0.15, 0.2) is 0 Å². The van der Waals surface area contributed by atoms with Crippen molar-refractivity contribution in [3.05, 3.63) is 0 Å². The van der Waals surface area contributed by atoms with Crippen molar-refractivity contribution in [2.75, 3.05) is 0 Å². The molecule has 0 spiro atoms. The van der Waals surface area contributed by atoms with E-state index in [9.17, 15) is 13.6 Å². The normalized spacial score (nSPS) is 13.6. The maximum atomic E-state index is 11.6. The minimum atomic E-state index is -2.63. The van der Waals surface area contributed by atoms with Crippen LogP contribution in [0.4, 0.5) is 8.78 Å². The van der Waals surface area contributed by atoms with Gasteiger partial charge in [-0.2, -0.15) is 0 Å². The summed E-state index contributed by atoms with van der Waals surface area (Å²) in [5, 5.41) is 8.04. The quantitative estimate of drug-likeness (QED) is 0.616. The van der Waals surface area contributed by atoms with E-state index in [1.807, 2.05) is 0 Å². The number of carbonyl (C=O) groups is 1. The molecule has 0 unspecified atom stereocenters. The molecule has 0 aliphatic heterocycles. The molecule has 10 heavy (non-hydrogen) atoms. The Balaban J connectivity index is 3.39. The van der Waals surface area contributed by atoms with Gasteiger partial charge in [0.25, 0.3) is 6.43 Å². The van der Waals surface area contributed by atoms with E-state index in [1.165, 1.54) is 0 Å². The van der Waals surface area contributed by atoms with E-state index in [-0.39, 0.29) is 12.8 Å². The van der Waals surface area contributed by atoms with Crippen LogP contribution in [0.3, 0.4) is 0 Å². The van der Waals surface area contributed by atoms with Crippen molar-refractivity contribution in [2.45, 2.75) is 25.3 Å². The molecule has 0 heterocycles. The molecule has 0 aromatic rings. The van der Waals surface area contributed by atoms with Gasteiger partial charge in [-0.25, -0.2) is 8.78 Å². The molecular formula is C5H9F2NO2. The molecule has 0 aromatic carbocycles. The minimum absolute atomic E-state index is 0.174. The Bertz CT molecular complexity index is 118. The lowest BCUT2D eigenvalue weighted by molar-refractivity contribution is -0.137. The van der Waals surface area contributed by atoms with Gasteiger partial charge in [0, 0.05) is 6.42 Å². The Kier molecular flexibility index (Phi) is 3.87. The predicted octanol–water partition coefficient (Wildman–Crippen LogP) is 0.444. The van der Waals surface area contributed by atoms with Gasteiger partial charge in [0.2, 0.25) is 0 Å². The minimum Gasteiger partial charge on any atom is -0.481 e. The molecule has 0 fully saturated rings. The lowest BCUT2D eigenvalue weighted by Gasteiger charge is -2.06. The van der Waals surface area contributed by atoms with Crippen LogP contribution in [0.5, 0.6) is 0 Å². The van der Waals surface area contributed by atoms with Crippen LogP contribution in [-0.2, 0) is 4.79 Å². The van der Waals surface area contributed by atoms with Crippen molar-refractivity contribution < 1.29 is 18.7 Å². The summed E-state index contributed by atoms with van der Waals surface area (Å²) in [7, 11) is 0. The SMILES string of the molecule is N[C@@H](CCC(=O)O)C(F)F. The number of hydrogen-bond donors (Lipinski definition) is 2. The van der Waals surface area contributed by atoms with Crippen molar-refractivity contribution in [3.63, 3.8) is 0 Å². The van der Waals surface area contributed by atoms with Crippen molar-refractivity contribution in [2.24, 2.45) is 5.73 Å². The monoisotopic (exact) mass is 153 g/mol. The van der Waals surface area contributed by atoms with E-state index in [1.54, 1.807) is 0 Å². The van der Waals surface area contributed by atoms with Gasteiger partial charge in [0.1, 0.15) is 0 Å². The number of nitrogens with two attached hydrogens (primary N) is 1. The fourth-order valence-corrected chi connectivity index (χ4v) is 0.416. The molecule has 0 aliphatic rings. The number of halogens is 2. The molecule has 0 bridgehead atoms. The average molecular weight is 153 g/mol. The fourth-order valence-electron chi connectivity index (χ4n) is 0.416. The highest BCUT2D eigenvalue weighted by Gasteiger charge is 2.15. The van der Waals surface area contributed by atoms with Crippen LogP contribution in [0, 0.1) is 0 Å². The Labute approximate surface area is 56.8 Å². The summed E-state index contributed by atoms with van der Waals surface area (Å²) in [6.45, 7) is 0. The van der Waals surface area contributed by atoms with Gasteiger partial charge in [-0.3, -0.25) is 4.79 Å². The zero-order chi connectivity index (χ0) is 8.15. The highest BCUT2D eigenvalue weighted by atomic mass is 19.3. The average Bonchev–Trinajstić information content (AvgIpc) is 1.82. The zero-order valence-corrected chi connectivity index (χ0v) is 5.26. The van der Waals surface area contributed by atoms with Crippen molar-refractivity contribution in [1.82, 2.24) is 0 Å². The zero-order valence-electron chi connectivity index (χ0n) is 5.26. The third kappa shape index (κ3) is 4.20. The maximum Gasteiger partial charge on any atom is 0.303 e. The molecule has 0 amide bonds. The molecule has 0 saturated heterocycles. The summed E-state index contributed by atoms with van der Waals surface area (Å²) in [6, 6.07) is -1.31. The molecule has 1 atom stereocenters. The van der Waals surface area contributed by atoms with Gasteiger partial charge in [-0.05, 0) is 6.42 Å². The van der Waals surface area contributed by atoms with E-state index in [0.717, 1.165) is 0 Å². The van der Waals surface area contributed by atoms with Crippen LogP contribution >= 0.6 is 0 Å². The molecule has 3 N–H and O–H groups in total. The number of carboxylic acid groups (broad SMARTS) is 1. The predicted molar refractivity (Wildman–Crippen MR) is 30.8 cm³/mol. The number of aliphatic carboxylic acids is 1. The first-order valence-electron chi connectivity index (χ1n) is 2.79. The first-order valence-corrected chi connectivity index (χ1v) is 2.79. The van der Waals surface area contributed by atoms with Gasteiger partial charge < -0.3 is 10.8 Å². The van der Waals surface area contributed by atoms with Gasteiger partial charge in [-0.15, -0.1) is 0 Å². The van der Waals surface area contributed by atoms with Crippen LogP contribution < -0.4 is 5.73 Å². The summed E-state index contributed by atoms with van der Waals surface area (Å²) < 4.78 is 23.1. The van der Waals surface area contributed by atoms with Gasteiger partial charge in [0.15, 0.2) is 0 Å². The van der Waals surface area contributed by atoms with E-state index in [0.29, 0.717) is 0 Å². The van der Waals surface area contributed by atoms with E-state index >= 15 is 0 Å². The Morgan fingerprint density at radius 3 is 2.40 bits per heavy atom. The number of alkyl halides is 2. The number of carboxylic acids is 1. The molecule has 0 radical (unpaired) electrons. The highest BCUT2D eigenvalue weighted by Crippen LogP contribution is 2.04. The standard InChI is InChI=1S/C5H9F2NO2/c6-5(7)3(8)1-2-4(9)10/h3,5H,1-2,8H2,(H,9,10)/t3-/m0/s1. The molecule has 3 nitrogen and oxygen atoms in total. The molecule has 0 aromatic heterocycles. The summed E-state index contributed by atoms with van der Waals surface area (Å²) >= 11 is 0. The van der Waals surface area contributed by atoms with Gasteiger partial charge in [0.05, 0.1) is 6.04 Å². The lowest BCUT2D eigenvalue weighted by Crippen LogP contribution is -2.29. The third-order valence-electron chi connectivity index (χ3n) is 1.02. The number of rotatable bonds is 4. The van der Waals surface area contributed by atoms with Crippen molar-refractivity contribution >= 4 is 5.97 Å². The summed E-state index contributed by atoms with van der Waals surface area (Å²) in [6.07, 6.45) is -3.10. The lowest BCUT2D eigenvalue weighted by atomic mass is 10.2. The van der Waals surface area contributed by atoms with E-state index in [4.69, 9.17) is 10.8 Å². The highest BCUT2D eigenvalue weighted by molar-refractivity contribution is 5.66. The van der Waals surface area contributed by atoms with Crippen molar-refractivity contribution in [1.29, 1.82) is 0 Å². The fraction of sp³-hybridized carbons (Fsp3) is 0.800. The van der Waals surface area contributed by atoms with Gasteiger partial charge >= 0.3 is 5.97 Å². The largest absolute Gasteiger partial charge is 0.481 e. The second kappa shape index (κ2) is 4.16. The second-order valence-corrected chi connectivity index (χ2v) is 1.93. The van der Waals surface area contributed by atoms with Crippen LogP contribution in [0.2, 0.25) is 0 Å². The maximum absolute atomic E-state index is 11.6. The smallest absolute Gasteiger partial charge is 0.303 e. The molecule has 60 valence electrons. The first-order chi connectivity index (χ1) is 4.54. The van der Waals surface area contributed by atoms with Crippen LogP contribution in [-0.4, -0.2) is 23.5 Å². The molecule has 0 saturated carbocycles. The van der Waals surface area contributed by atoms with Gasteiger partial charge in [-0.1, -0.05) is 0 Å². The summed E-state index contributed by atoms with van der Waals surface area (Å²) in [5.41, 5.74) is 4.85.